The van der Waals surface area contributed by atoms with Crippen molar-refractivity contribution in [3.8, 4) is 5.75 Å². The maximum Gasteiger partial charge on any atom is 0.227 e. The van der Waals surface area contributed by atoms with Crippen molar-refractivity contribution < 1.29 is 9.53 Å². The van der Waals surface area contributed by atoms with Crippen LogP contribution in [0.3, 0.4) is 0 Å². The quantitative estimate of drug-likeness (QED) is 0.129. The van der Waals surface area contributed by atoms with Crippen molar-refractivity contribution in [2.75, 3.05) is 18.6 Å². The lowest BCUT2D eigenvalue weighted by Crippen LogP contribution is -2.24. The zero-order chi connectivity index (χ0) is 28.7. The van der Waals surface area contributed by atoms with Gasteiger partial charge in [0.05, 0.1) is 18.1 Å². The molecule has 4 rings (SSSR count). The van der Waals surface area contributed by atoms with Crippen molar-refractivity contribution in [2.24, 2.45) is 0 Å². The Morgan fingerprint density at radius 1 is 0.756 bits per heavy atom. The Kier molecular flexibility index (Phi) is 13.1. The minimum absolute atomic E-state index is 0.109. The van der Waals surface area contributed by atoms with Gasteiger partial charge in [0.2, 0.25) is 5.91 Å². The zero-order valence-electron chi connectivity index (χ0n) is 25.8. The number of imidazole rings is 1. The van der Waals surface area contributed by atoms with Crippen molar-refractivity contribution in [1.29, 1.82) is 0 Å². The number of para-hydroxylation sites is 2. The van der Waals surface area contributed by atoms with E-state index in [1.807, 2.05) is 29.2 Å². The molecule has 0 radical (unpaired) electrons. The Balaban J connectivity index is 1.17. The molecule has 1 aromatic heterocycles. The number of fused-ring (bicyclic) bond motifs is 1. The highest BCUT2D eigenvalue weighted by Gasteiger charge is 2.34. The fourth-order valence-corrected chi connectivity index (χ4v) is 6.35. The molecule has 2 heterocycles. The molecule has 1 amide bonds. The first-order chi connectivity index (χ1) is 20.2. The van der Waals surface area contributed by atoms with Gasteiger partial charge in [-0.15, -0.1) is 0 Å². The number of carbonyl (C=O) groups excluding carboxylic acids is 1. The second-order valence-corrected chi connectivity index (χ2v) is 12.0. The van der Waals surface area contributed by atoms with Gasteiger partial charge in [0, 0.05) is 31.1 Å². The number of aryl methyl sites for hydroxylation is 1. The summed E-state index contributed by atoms with van der Waals surface area (Å²) in [6, 6.07) is 16.2. The molecule has 5 heteroatoms. The maximum atomic E-state index is 13.0. The molecule has 1 atom stereocenters. The topological polar surface area (TPSA) is 47.4 Å². The van der Waals surface area contributed by atoms with Gasteiger partial charge in [0.1, 0.15) is 11.6 Å². The van der Waals surface area contributed by atoms with Crippen LogP contribution in [0.5, 0.6) is 5.75 Å². The molecule has 0 N–H and O–H groups in total. The van der Waals surface area contributed by atoms with Gasteiger partial charge in [-0.1, -0.05) is 115 Å². The van der Waals surface area contributed by atoms with Crippen LogP contribution in [0.25, 0.3) is 11.0 Å². The number of aromatic nitrogens is 2. The summed E-state index contributed by atoms with van der Waals surface area (Å²) in [7, 11) is 1.66. The lowest BCUT2D eigenvalue weighted by atomic mass is 10.0. The molecular weight excluding hydrogens is 506 g/mol. The number of carbonyl (C=O) groups is 1. The van der Waals surface area contributed by atoms with Crippen LogP contribution in [0.2, 0.25) is 0 Å². The Bertz CT molecular complexity index is 1170. The fraction of sp³-hybridized carbons (Fsp3) is 0.611. The second-order valence-electron chi connectivity index (χ2n) is 12.0. The number of hydrogen-bond donors (Lipinski definition) is 0. The average molecular weight is 560 g/mol. The molecule has 224 valence electrons. The number of amides is 1. The van der Waals surface area contributed by atoms with Crippen molar-refractivity contribution in [3.63, 3.8) is 0 Å². The summed E-state index contributed by atoms with van der Waals surface area (Å²) in [6.45, 7) is 3.94. The lowest BCUT2D eigenvalue weighted by molar-refractivity contribution is -0.117. The van der Waals surface area contributed by atoms with Gasteiger partial charge in [-0.05, 0) is 42.8 Å². The van der Waals surface area contributed by atoms with Gasteiger partial charge in [0.25, 0.3) is 0 Å². The van der Waals surface area contributed by atoms with E-state index in [-0.39, 0.29) is 11.8 Å². The summed E-state index contributed by atoms with van der Waals surface area (Å²) < 4.78 is 7.69. The summed E-state index contributed by atoms with van der Waals surface area (Å²) in [5.41, 5.74) is 3.16. The highest BCUT2D eigenvalue weighted by atomic mass is 16.5. The van der Waals surface area contributed by atoms with E-state index in [4.69, 9.17) is 9.72 Å². The largest absolute Gasteiger partial charge is 0.497 e. The van der Waals surface area contributed by atoms with E-state index in [9.17, 15) is 4.79 Å². The van der Waals surface area contributed by atoms with Gasteiger partial charge in [-0.3, -0.25) is 4.79 Å². The highest BCUT2D eigenvalue weighted by Crippen LogP contribution is 2.34. The van der Waals surface area contributed by atoms with Crippen LogP contribution in [0, 0.1) is 0 Å². The monoisotopic (exact) mass is 559 g/mol. The van der Waals surface area contributed by atoms with Gasteiger partial charge in [0.15, 0.2) is 0 Å². The van der Waals surface area contributed by atoms with E-state index < -0.39 is 0 Å². The molecule has 1 saturated heterocycles. The third-order valence-electron chi connectivity index (χ3n) is 8.79. The Hall–Kier alpha value is -2.82. The van der Waals surface area contributed by atoms with Gasteiger partial charge in [-0.2, -0.15) is 0 Å². The zero-order valence-corrected chi connectivity index (χ0v) is 25.8. The fourth-order valence-electron chi connectivity index (χ4n) is 6.35. The van der Waals surface area contributed by atoms with E-state index >= 15 is 0 Å². The molecule has 0 spiro atoms. The van der Waals surface area contributed by atoms with Gasteiger partial charge in [-0.25, -0.2) is 4.98 Å². The SMILES string of the molecule is CCCCCCCCCCCCCCCCCCn1c([C@H]2CC(=O)N(c3ccc(OC)cc3)C2)nc2ccccc21. The smallest absolute Gasteiger partial charge is 0.227 e. The minimum Gasteiger partial charge on any atom is -0.497 e. The third-order valence-corrected chi connectivity index (χ3v) is 8.79. The predicted octanol–water partition coefficient (Wildman–Crippen LogP) is 9.83. The van der Waals surface area contributed by atoms with Crippen LogP contribution in [0.4, 0.5) is 5.69 Å². The van der Waals surface area contributed by atoms with Crippen LogP contribution in [0.15, 0.2) is 48.5 Å². The standard InChI is InChI=1S/C36H53N3O2/c1-3-4-5-6-7-8-9-10-11-12-13-14-15-16-17-20-27-38-34-22-19-18-21-33(34)37-36(38)30-28-35(40)39(29-30)31-23-25-32(41-2)26-24-31/h18-19,21-26,30H,3-17,20,27-29H2,1-2H3/t30-/m0/s1. The molecule has 0 bridgehead atoms. The summed E-state index contributed by atoms with van der Waals surface area (Å²) in [5.74, 6) is 2.15. The normalized spacial score (nSPS) is 15.3. The maximum absolute atomic E-state index is 13.0. The molecule has 1 aliphatic heterocycles. The summed E-state index contributed by atoms with van der Waals surface area (Å²) >= 11 is 0. The van der Waals surface area contributed by atoms with Crippen LogP contribution in [-0.2, 0) is 11.3 Å². The van der Waals surface area contributed by atoms with Crippen LogP contribution < -0.4 is 9.64 Å². The van der Waals surface area contributed by atoms with Crippen LogP contribution in [-0.4, -0.2) is 29.1 Å². The molecule has 2 aromatic carbocycles. The molecule has 3 aromatic rings. The number of unbranched alkanes of at least 4 members (excludes halogenated alkanes) is 15. The van der Waals surface area contributed by atoms with Crippen LogP contribution in [0.1, 0.15) is 128 Å². The second kappa shape index (κ2) is 17.2. The van der Waals surface area contributed by atoms with Gasteiger partial charge < -0.3 is 14.2 Å². The van der Waals surface area contributed by atoms with E-state index in [1.54, 1.807) is 7.11 Å². The predicted molar refractivity (Wildman–Crippen MR) is 172 cm³/mol. The number of ether oxygens (including phenoxy) is 1. The van der Waals surface area contributed by atoms with E-state index in [2.05, 4.69) is 35.8 Å². The first-order valence-corrected chi connectivity index (χ1v) is 16.6. The summed E-state index contributed by atoms with van der Waals surface area (Å²) in [4.78, 5) is 20.0. The van der Waals surface area contributed by atoms with E-state index in [1.165, 1.54) is 102 Å². The van der Waals surface area contributed by atoms with E-state index in [0.717, 1.165) is 35.7 Å². The number of benzene rings is 2. The molecule has 0 aliphatic carbocycles. The number of nitrogens with zero attached hydrogens (tertiary/aromatic N) is 3. The van der Waals surface area contributed by atoms with Crippen molar-refractivity contribution in [2.45, 2.75) is 129 Å². The summed E-state index contributed by atoms with van der Waals surface area (Å²) in [5, 5.41) is 0. The van der Waals surface area contributed by atoms with Crippen molar-refractivity contribution >= 4 is 22.6 Å². The molecular formula is C36H53N3O2. The van der Waals surface area contributed by atoms with E-state index in [0.29, 0.717) is 13.0 Å². The highest BCUT2D eigenvalue weighted by molar-refractivity contribution is 5.96. The Morgan fingerprint density at radius 2 is 1.32 bits per heavy atom. The number of anilines is 1. The third kappa shape index (κ3) is 9.34. The van der Waals surface area contributed by atoms with Crippen molar-refractivity contribution in [3.05, 3.63) is 54.4 Å². The first kappa shape index (κ1) is 31.1. The number of rotatable bonds is 20. The molecule has 0 unspecified atom stereocenters. The average Bonchev–Trinajstić information content (AvgIpc) is 3.57. The molecule has 1 aliphatic rings. The molecule has 5 nitrogen and oxygen atoms in total. The van der Waals surface area contributed by atoms with Crippen LogP contribution >= 0.6 is 0 Å². The first-order valence-electron chi connectivity index (χ1n) is 16.6. The molecule has 1 fully saturated rings. The minimum atomic E-state index is 0.109. The number of methoxy groups -OCH3 is 1. The molecule has 0 saturated carbocycles. The van der Waals surface area contributed by atoms with Gasteiger partial charge >= 0.3 is 0 Å². The number of hydrogen-bond acceptors (Lipinski definition) is 3. The summed E-state index contributed by atoms with van der Waals surface area (Å²) in [6.07, 6.45) is 22.6. The molecule has 41 heavy (non-hydrogen) atoms. The Labute approximate surface area is 248 Å². The lowest BCUT2D eigenvalue weighted by Gasteiger charge is -2.18. The Morgan fingerprint density at radius 3 is 1.90 bits per heavy atom. The van der Waals surface area contributed by atoms with Crippen molar-refractivity contribution in [1.82, 2.24) is 9.55 Å².